The van der Waals surface area contributed by atoms with Crippen LogP contribution in [-0.2, 0) is 0 Å². The Bertz CT molecular complexity index is 577. The van der Waals surface area contributed by atoms with E-state index in [4.69, 9.17) is 9.52 Å². The number of oxazole rings is 1. The molecule has 1 aliphatic rings. The molecule has 2 aromatic rings. The molecule has 0 amide bonds. The number of rotatable bonds is 5. The number of hydrogen-bond acceptors (Lipinski definition) is 5. The van der Waals surface area contributed by atoms with Crippen molar-refractivity contribution in [3.8, 4) is 11.3 Å². The fourth-order valence-electron chi connectivity index (χ4n) is 2.89. The van der Waals surface area contributed by atoms with Crippen LogP contribution >= 0.6 is 0 Å². The van der Waals surface area contributed by atoms with Crippen molar-refractivity contribution in [1.29, 1.82) is 0 Å². The number of hydrogen-bond donors (Lipinski definition) is 1. The molecule has 0 radical (unpaired) electrons. The van der Waals surface area contributed by atoms with Crippen LogP contribution in [0.25, 0.3) is 11.3 Å². The molecule has 118 valence electrons. The van der Waals surface area contributed by atoms with Crippen molar-refractivity contribution in [2.75, 3.05) is 39.3 Å². The van der Waals surface area contributed by atoms with Gasteiger partial charge in [-0.2, -0.15) is 0 Å². The first-order valence-corrected chi connectivity index (χ1v) is 7.86. The Morgan fingerprint density at radius 3 is 2.59 bits per heavy atom. The predicted molar refractivity (Wildman–Crippen MR) is 85.5 cm³/mol. The predicted octanol–water partition coefficient (Wildman–Crippen LogP) is 2.01. The van der Waals surface area contributed by atoms with Crippen molar-refractivity contribution in [3.63, 3.8) is 0 Å². The van der Waals surface area contributed by atoms with Gasteiger partial charge in [0.15, 0.2) is 5.76 Å². The van der Waals surface area contributed by atoms with E-state index >= 15 is 0 Å². The Morgan fingerprint density at radius 2 is 1.91 bits per heavy atom. The third kappa shape index (κ3) is 3.38. The second-order valence-electron chi connectivity index (χ2n) is 5.71. The minimum absolute atomic E-state index is 0.175. The second kappa shape index (κ2) is 7.05. The average Bonchev–Trinajstić information content (AvgIpc) is 3.06. The van der Waals surface area contributed by atoms with Gasteiger partial charge in [0.1, 0.15) is 0 Å². The lowest BCUT2D eigenvalue weighted by Gasteiger charge is -2.36. The Labute approximate surface area is 131 Å². The van der Waals surface area contributed by atoms with Gasteiger partial charge in [0.2, 0.25) is 5.89 Å². The molecule has 1 unspecified atom stereocenters. The quantitative estimate of drug-likeness (QED) is 0.915. The van der Waals surface area contributed by atoms with Crippen molar-refractivity contribution in [2.45, 2.75) is 13.0 Å². The summed E-state index contributed by atoms with van der Waals surface area (Å²) in [4.78, 5) is 9.13. The molecular weight excluding hydrogens is 278 g/mol. The summed E-state index contributed by atoms with van der Waals surface area (Å²) in [5.41, 5.74) is 1.06. The smallest absolute Gasteiger partial charge is 0.211 e. The molecule has 0 saturated carbocycles. The number of nitrogens with zero attached hydrogens (tertiary/aromatic N) is 3. The molecule has 5 heteroatoms. The summed E-state index contributed by atoms with van der Waals surface area (Å²) < 4.78 is 5.95. The van der Waals surface area contributed by atoms with Gasteiger partial charge < -0.3 is 9.52 Å². The molecule has 5 nitrogen and oxygen atoms in total. The average molecular weight is 301 g/mol. The van der Waals surface area contributed by atoms with E-state index in [1.54, 1.807) is 0 Å². The minimum atomic E-state index is 0.175. The SMILES string of the molecule is CC(c1ncc(-c2ccccc2)o1)N1CCN(CCO)CC1. The van der Waals surface area contributed by atoms with Gasteiger partial charge in [0.05, 0.1) is 18.8 Å². The van der Waals surface area contributed by atoms with Crippen LogP contribution in [0.15, 0.2) is 40.9 Å². The summed E-state index contributed by atoms with van der Waals surface area (Å²) in [5.74, 6) is 1.59. The third-order valence-corrected chi connectivity index (χ3v) is 4.31. The summed E-state index contributed by atoms with van der Waals surface area (Å²) in [6.07, 6.45) is 1.81. The van der Waals surface area contributed by atoms with Crippen LogP contribution in [0.3, 0.4) is 0 Å². The van der Waals surface area contributed by atoms with Crippen molar-refractivity contribution in [1.82, 2.24) is 14.8 Å². The highest BCUT2D eigenvalue weighted by molar-refractivity contribution is 5.55. The van der Waals surface area contributed by atoms with E-state index in [9.17, 15) is 0 Å². The van der Waals surface area contributed by atoms with Crippen molar-refractivity contribution >= 4 is 0 Å². The van der Waals surface area contributed by atoms with E-state index < -0.39 is 0 Å². The highest BCUT2D eigenvalue weighted by Crippen LogP contribution is 2.26. The van der Waals surface area contributed by atoms with Gasteiger partial charge in [0, 0.05) is 38.3 Å². The van der Waals surface area contributed by atoms with E-state index in [1.165, 1.54) is 0 Å². The van der Waals surface area contributed by atoms with Crippen LogP contribution in [0.2, 0.25) is 0 Å². The first kappa shape index (κ1) is 15.2. The maximum Gasteiger partial charge on any atom is 0.211 e. The third-order valence-electron chi connectivity index (χ3n) is 4.31. The second-order valence-corrected chi connectivity index (χ2v) is 5.71. The molecule has 1 N–H and O–H groups in total. The summed E-state index contributed by atoms with van der Waals surface area (Å²) in [5, 5.41) is 9.00. The van der Waals surface area contributed by atoms with Crippen LogP contribution in [-0.4, -0.2) is 59.2 Å². The van der Waals surface area contributed by atoms with Crippen LogP contribution in [0, 0.1) is 0 Å². The zero-order valence-corrected chi connectivity index (χ0v) is 13.0. The number of β-amino-alcohol motifs (C(OH)–C–C–N with tert-alkyl or cyclic N) is 1. The van der Waals surface area contributed by atoms with Gasteiger partial charge in [-0.05, 0) is 6.92 Å². The highest BCUT2D eigenvalue weighted by atomic mass is 16.4. The summed E-state index contributed by atoms with van der Waals surface area (Å²) >= 11 is 0. The van der Waals surface area contributed by atoms with Gasteiger partial charge in [-0.25, -0.2) is 4.98 Å². The zero-order chi connectivity index (χ0) is 15.4. The van der Waals surface area contributed by atoms with Crippen molar-refractivity contribution in [2.24, 2.45) is 0 Å². The van der Waals surface area contributed by atoms with Crippen molar-refractivity contribution < 1.29 is 9.52 Å². The van der Waals surface area contributed by atoms with Gasteiger partial charge >= 0.3 is 0 Å². The van der Waals surface area contributed by atoms with Gasteiger partial charge in [0.25, 0.3) is 0 Å². The Hall–Kier alpha value is -1.69. The fourth-order valence-corrected chi connectivity index (χ4v) is 2.89. The van der Waals surface area contributed by atoms with E-state index in [-0.39, 0.29) is 12.6 Å². The number of piperazine rings is 1. The monoisotopic (exact) mass is 301 g/mol. The standard InChI is InChI=1S/C17H23N3O2/c1-14(20-9-7-19(8-10-20)11-12-21)17-18-13-16(22-17)15-5-3-2-4-6-15/h2-6,13-14,21H,7-12H2,1H3. The first-order chi connectivity index (χ1) is 10.8. The molecule has 1 atom stereocenters. The molecule has 1 aliphatic heterocycles. The minimum Gasteiger partial charge on any atom is -0.439 e. The van der Waals surface area contributed by atoms with E-state index in [1.807, 2.05) is 36.5 Å². The molecular formula is C17H23N3O2. The Balaban J connectivity index is 1.64. The van der Waals surface area contributed by atoms with E-state index in [0.717, 1.165) is 49.9 Å². The summed E-state index contributed by atoms with van der Waals surface area (Å²) in [6, 6.07) is 10.2. The van der Waals surface area contributed by atoms with Crippen LogP contribution in [0.1, 0.15) is 18.9 Å². The lowest BCUT2D eigenvalue weighted by molar-refractivity contribution is 0.0802. The Morgan fingerprint density at radius 1 is 1.18 bits per heavy atom. The topological polar surface area (TPSA) is 52.7 Å². The highest BCUT2D eigenvalue weighted by Gasteiger charge is 2.24. The maximum atomic E-state index is 9.00. The Kier molecular flexibility index (Phi) is 4.87. The molecule has 0 bridgehead atoms. The van der Waals surface area contributed by atoms with Gasteiger partial charge in [-0.1, -0.05) is 30.3 Å². The number of aliphatic hydroxyl groups excluding tert-OH is 1. The molecule has 0 spiro atoms. The fraction of sp³-hybridized carbons (Fsp3) is 0.471. The molecule has 1 saturated heterocycles. The number of aromatic nitrogens is 1. The normalized spacial score (nSPS) is 18.5. The van der Waals surface area contributed by atoms with Crippen LogP contribution < -0.4 is 0 Å². The lowest BCUT2D eigenvalue weighted by Crippen LogP contribution is -2.47. The van der Waals surface area contributed by atoms with Gasteiger partial charge in [-0.15, -0.1) is 0 Å². The van der Waals surface area contributed by atoms with Gasteiger partial charge in [-0.3, -0.25) is 9.80 Å². The molecule has 1 fully saturated rings. The van der Waals surface area contributed by atoms with Crippen LogP contribution in [0.5, 0.6) is 0 Å². The molecule has 1 aromatic heterocycles. The number of aliphatic hydroxyl groups is 1. The zero-order valence-electron chi connectivity index (χ0n) is 13.0. The van der Waals surface area contributed by atoms with E-state index in [2.05, 4.69) is 21.7 Å². The van der Waals surface area contributed by atoms with Crippen molar-refractivity contribution in [3.05, 3.63) is 42.4 Å². The molecule has 22 heavy (non-hydrogen) atoms. The van der Waals surface area contributed by atoms with Crippen LogP contribution in [0.4, 0.5) is 0 Å². The molecule has 2 heterocycles. The maximum absolute atomic E-state index is 9.00. The first-order valence-electron chi connectivity index (χ1n) is 7.86. The summed E-state index contributed by atoms with van der Waals surface area (Å²) in [6.45, 7) is 7.06. The summed E-state index contributed by atoms with van der Waals surface area (Å²) in [7, 11) is 0. The molecule has 1 aromatic carbocycles. The largest absolute Gasteiger partial charge is 0.439 e. The molecule has 3 rings (SSSR count). The lowest BCUT2D eigenvalue weighted by atomic mass is 10.2. The molecule has 0 aliphatic carbocycles. The van der Waals surface area contributed by atoms with E-state index in [0.29, 0.717) is 0 Å². The number of benzene rings is 1.